The molecule has 2 aliphatic rings. The van der Waals surface area contributed by atoms with Gasteiger partial charge in [0.15, 0.2) is 5.75 Å². The van der Waals surface area contributed by atoms with Crippen LogP contribution in [0.1, 0.15) is 38.7 Å². The van der Waals surface area contributed by atoms with Gasteiger partial charge in [-0.1, -0.05) is 23.0 Å². The Kier molecular flexibility index (Phi) is 13.3. The summed E-state index contributed by atoms with van der Waals surface area (Å²) < 4.78 is 67.8. The Hall–Kier alpha value is -3.37. The van der Waals surface area contributed by atoms with Gasteiger partial charge in [0.05, 0.1) is 25.3 Å². The van der Waals surface area contributed by atoms with Crippen molar-refractivity contribution in [1.29, 1.82) is 0 Å². The Bertz CT molecular complexity index is 1370. The number of allylic oxidation sites excluding steroid dienone is 1. The number of nitrogens with zero attached hydrogens (tertiary/aromatic N) is 5. The summed E-state index contributed by atoms with van der Waals surface area (Å²) in [6.07, 6.45) is 2.70. The molecular weight excluding hydrogens is 629 g/mol. The predicted molar refractivity (Wildman–Crippen MR) is 169 cm³/mol. The fraction of sp³-hybridized carbons (Fsp3) is 0.633. The van der Waals surface area contributed by atoms with Crippen molar-refractivity contribution in [3.8, 4) is 5.75 Å². The van der Waals surface area contributed by atoms with Crippen LogP contribution in [0.2, 0.25) is 0 Å². The highest BCUT2D eigenvalue weighted by molar-refractivity contribution is 7.81. The SMILES string of the molecule is C/C=C(/C(=O)NCC(=O)N1CCC(F)(F)C1)c1ccc(OS(=O)(=O)F)c(N(C)CCCN2CCN(C(=O)CN(C)CCC)CC2)c1. The zero-order chi connectivity index (χ0) is 34.1. The molecule has 0 unspecified atom stereocenters. The van der Waals surface area contributed by atoms with Crippen LogP contribution >= 0.6 is 0 Å². The van der Waals surface area contributed by atoms with Crippen LogP contribution in [0, 0.1) is 0 Å². The minimum atomic E-state index is -5.34. The Labute approximate surface area is 269 Å². The second-order valence-electron chi connectivity index (χ2n) is 11.7. The molecule has 3 rings (SSSR count). The van der Waals surface area contributed by atoms with Gasteiger partial charge < -0.3 is 24.2 Å². The summed E-state index contributed by atoms with van der Waals surface area (Å²) in [6.45, 7) is 7.50. The first-order valence-electron chi connectivity index (χ1n) is 15.4. The van der Waals surface area contributed by atoms with E-state index in [4.69, 9.17) is 0 Å². The van der Waals surface area contributed by atoms with Crippen molar-refractivity contribution in [3.63, 3.8) is 0 Å². The zero-order valence-electron chi connectivity index (χ0n) is 26.9. The van der Waals surface area contributed by atoms with Crippen molar-refractivity contribution in [2.45, 2.75) is 39.0 Å². The van der Waals surface area contributed by atoms with Gasteiger partial charge in [0.2, 0.25) is 11.8 Å². The molecule has 2 heterocycles. The predicted octanol–water partition coefficient (Wildman–Crippen LogP) is 1.98. The molecule has 2 fully saturated rings. The molecule has 0 radical (unpaired) electrons. The van der Waals surface area contributed by atoms with Crippen molar-refractivity contribution < 1.29 is 39.7 Å². The molecule has 258 valence electrons. The first-order valence-corrected chi connectivity index (χ1v) is 16.7. The van der Waals surface area contributed by atoms with Gasteiger partial charge in [-0.15, -0.1) is 0 Å². The number of halogens is 3. The van der Waals surface area contributed by atoms with Crippen LogP contribution in [-0.2, 0) is 24.9 Å². The molecule has 16 heteroatoms. The van der Waals surface area contributed by atoms with E-state index in [1.807, 2.05) is 16.8 Å². The topological polar surface area (TPSA) is 123 Å². The second kappa shape index (κ2) is 16.5. The van der Waals surface area contributed by atoms with Crippen LogP contribution < -0.4 is 14.4 Å². The molecule has 1 N–H and O–H groups in total. The van der Waals surface area contributed by atoms with Crippen molar-refractivity contribution in [2.75, 3.05) is 91.0 Å². The normalized spacial score (nSPS) is 17.3. The molecule has 0 aliphatic carbocycles. The number of amides is 3. The van der Waals surface area contributed by atoms with Gasteiger partial charge >= 0.3 is 10.5 Å². The molecule has 1 aromatic rings. The smallest absolute Gasteiger partial charge is 0.371 e. The molecule has 0 spiro atoms. The van der Waals surface area contributed by atoms with E-state index in [2.05, 4.69) is 21.3 Å². The summed E-state index contributed by atoms with van der Waals surface area (Å²) in [7, 11) is -1.73. The van der Waals surface area contributed by atoms with Gasteiger partial charge in [-0.3, -0.25) is 24.2 Å². The third-order valence-electron chi connectivity index (χ3n) is 8.03. The number of likely N-dealkylation sites (N-methyl/N-ethyl adjacent to an activating group) is 1. The highest BCUT2D eigenvalue weighted by Crippen LogP contribution is 2.33. The maximum absolute atomic E-state index is 13.6. The molecule has 3 amide bonds. The number of carbonyl (C=O) groups is 3. The number of anilines is 1. The number of carbonyl (C=O) groups excluding carboxylic acids is 3. The zero-order valence-corrected chi connectivity index (χ0v) is 27.8. The Morgan fingerprint density at radius 3 is 2.33 bits per heavy atom. The lowest BCUT2D eigenvalue weighted by Crippen LogP contribution is -2.51. The monoisotopic (exact) mass is 674 g/mol. The lowest BCUT2D eigenvalue weighted by atomic mass is 10.0. The lowest BCUT2D eigenvalue weighted by Gasteiger charge is -2.35. The minimum absolute atomic E-state index is 0.0976. The maximum Gasteiger partial charge on any atom is 0.488 e. The molecule has 0 saturated carbocycles. The molecule has 2 aliphatic heterocycles. The summed E-state index contributed by atoms with van der Waals surface area (Å²) in [5.41, 5.74) is 0.695. The first-order chi connectivity index (χ1) is 21.6. The number of alkyl halides is 2. The van der Waals surface area contributed by atoms with Crippen LogP contribution in [0.25, 0.3) is 5.57 Å². The van der Waals surface area contributed by atoms with E-state index in [0.717, 1.165) is 31.0 Å². The van der Waals surface area contributed by atoms with E-state index >= 15 is 0 Å². The van der Waals surface area contributed by atoms with Crippen molar-refractivity contribution in [3.05, 3.63) is 29.8 Å². The molecule has 1 aromatic carbocycles. The van der Waals surface area contributed by atoms with E-state index < -0.39 is 47.8 Å². The van der Waals surface area contributed by atoms with Crippen LogP contribution in [0.15, 0.2) is 24.3 Å². The van der Waals surface area contributed by atoms with Crippen molar-refractivity contribution in [2.24, 2.45) is 0 Å². The molecule has 12 nitrogen and oxygen atoms in total. The Balaban J connectivity index is 1.60. The fourth-order valence-electron chi connectivity index (χ4n) is 5.57. The van der Waals surface area contributed by atoms with Gasteiger partial charge in [0.1, 0.15) is 0 Å². The Morgan fingerprint density at radius 2 is 1.74 bits per heavy atom. The Morgan fingerprint density at radius 1 is 1.04 bits per heavy atom. The molecule has 0 aromatic heterocycles. The van der Waals surface area contributed by atoms with Crippen LogP contribution in [0.4, 0.5) is 18.4 Å². The van der Waals surface area contributed by atoms with Gasteiger partial charge in [-0.05, 0) is 57.6 Å². The summed E-state index contributed by atoms with van der Waals surface area (Å²) in [6, 6.07) is 4.11. The average Bonchev–Trinajstić information content (AvgIpc) is 3.36. The minimum Gasteiger partial charge on any atom is -0.371 e. The van der Waals surface area contributed by atoms with Gasteiger partial charge in [-0.25, -0.2) is 8.78 Å². The molecule has 46 heavy (non-hydrogen) atoms. The average molecular weight is 675 g/mol. The molecule has 0 bridgehead atoms. The number of rotatable bonds is 15. The summed E-state index contributed by atoms with van der Waals surface area (Å²) in [4.78, 5) is 46.7. The van der Waals surface area contributed by atoms with Crippen LogP contribution in [0.5, 0.6) is 5.75 Å². The number of nitrogens with one attached hydrogen (secondary N) is 1. The number of likely N-dealkylation sites (tertiary alicyclic amines) is 1. The third kappa shape index (κ3) is 11.2. The van der Waals surface area contributed by atoms with E-state index in [1.54, 1.807) is 18.9 Å². The second-order valence-corrected chi connectivity index (χ2v) is 12.7. The van der Waals surface area contributed by atoms with Crippen molar-refractivity contribution >= 4 is 39.5 Å². The maximum atomic E-state index is 13.6. The van der Waals surface area contributed by atoms with Crippen LogP contribution in [-0.4, -0.2) is 138 Å². The molecule has 0 atom stereocenters. The van der Waals surface area contributed by atoms with Crippen LogP contribution in [0.3, 0.4) is 0 Å². The van der Waals surface area contributed by atoms with E-state index in [1.165, 1.54) is 24.3 Å². The standard InChI is InChI=1S/C30H45F3N6O6S/c1-5-11-35(3)21-28(41)38-17-15-37(16-18-38)13-7-12-36(4)25-19-23(8-9-26(25)45-46(33,43)44)24(6-2)29(42)34-20-27(40)39-14-10-30(31,32)22-39/h6,8-9,19H,5,7,10-18,20-22H2,1-4H3,(H,34,42)/b24-6+. The quantitative estimate of drug-likeness (QED) is 0.220. The third-order valence-corrected chi connectivity index (χ3v) is 8.41. The molecule has 2 saturated heterocycles. The summed E-state index contributed by atoms with van der Waals surface area (Å²) in [5.74, 6) is -4.38. The number of piperazine rings is 1. The van der Waals surface area contributed by atoms with E-state index in [-0.39, 0.29) is 29.5 Å². The van der Waals surface area contributed by atoms with Gasteiger partial charge in [-0.2, -0.15) is 8.42 Å². The first kappa shape index (κ1) is 37.1. The van der Waals surface area contributed by atoms with E-state index in [9.17, 15) is 35.5 Å². The molecular formula is C30H45F3N6O6S. The van der Waals surface area contributed by atoms with E-state index in [0.29, 0.717) is 44.7 Å². The summed E-state index contributed by atoms with van der Waals surface area (Å²) in [5, 5.41) is 2.46. The number of hydrogen-bond donors (Lipinski definition) is 1. The van der Waals surface area contributed by atoms with Crippen molar-refractivity contribution in [1.82, 2.24) is 24.9 Å². The number of benzene rings is 1. The summed E-state index contributed by atoms with van der Waals surface area (Å²) >= 11 is 0. The number of hydrogen-bond acceptors (Lipinski definition) is 9. The fourth-order valence-corrected chi connectivity index (χ4v) is 5.92. The lowest BCUT2D eigenvalue weighted by molar-refractivity contribution is -0.134. The highest BCUT2D eigenvalue weighted by Gasteiger charge is 2.40. The van der Waals surface area contributed by atoms with Gasteiger partial charge in [0.25, 0.3) is 11.8 Å². The van der Waals surface area contributed by atoms with Gasteiger partial charge in [0, 0.05) is 58.3 Å². The highest BCUT2D eigenvalue weighted by atomic mass is 32.3. The largest absolute Gasteiger partial charge is 0.488 e.